The van der Waals surface area contributed by atoms with E-state index in [1.165, 1.54) is 11.3 Å². The second kappa shape index (κ2) is 7.27. The molecule has 1 aromatic heterocycles. The van der Waals surface area contributed by atoms with Crippen molar-refractivity contribution in [2.75, 3.05) is 20.1 Å². The van der Waals surface area contributed by atoms with Crippen molar-refractivity contribution in [2.24, 2.45) is 0 Å². The van der Waals surface area contributed by atoms with Gasteiger partial charge in [-0.2, -0.15) is 0 Å². The standard InChI is InChI=1S/C15H28N2S/c1-6-15(4,13(3)16-7-2)17(5)11-10-14-9-8-12-18-14/h8-9,12-13,16H,6-7,10-11H2,1-5H3. The van der Waals surface area contributed by atoms with Crippen molar-refractivity contribution >= 4 is 11.3 Å². The molecule has 0 aliphatic heterocycles. The van der Waals surface area contributed by atoms with E-state index in [1.54, 1.807) is 0 Å². The summed E-state index contributed by atoms with van der Waals surface area (Å²) in [4.78, 5) is 4.00. The molecule has 0 aliphatic carbocycles. The zero-order valence-corrected chi connectivity index (χ0v) is 13.3. The number of thiophene rings is 1. The van der Waals surface area contributed by atoms with E-state index in [1.807, 2.05) is 11.3 Å². The van der Waals surface area contributed by atoms with Gasteiger partial charge in [0.25, 0.3) is 0 Å². The smallest absolute Gasteiger partial charge is 0.0326 e. The molecule has 2 nitrogen and oxygen atoms in total. The Morgan fingerprint density at radius 1 is 1.44 bits per heavy atom. The average Bonchev–Trinajstić information content (AvgIpc) is 2.88. The maximum absolute atomic E-state index is 3.57. The van der Waals surface area contributed by atoms with Crippen molar-refractivity contribution in [3.05, 3.63) is 22.4 Å². The molecule has 1 aromatic rings. The summed E-state index contributed by atoms with van der Waals surface area (Å²) in [5.74, 6) is 0. The second-order valence-electron chi connectivity index (χ2n) is 5.24. The highest BCUT2D eigenvalue weighted by Crippen LogP contribution is 2.23. The van der Waals surface area contributed by atoms with Gasteiger partial charge in [-0.15, -0.1) is 11.3 Å². The van der Waals surface area contributed by atoms with Crippen LogP contribution in [0.5, 0.6) is 0 Å². The van der Waals surface area contributed by atoms with E-state index in [0.717, 1.165) is 19.5 Å². The van der Waals surface area contributed by atoms with Crippen LogP contribution in [0.3, 0.4) is 0 Å². The van der Waals surface area contributed by atoms with Crippen LogP contribution >= 0.6 is 11.3 Å². The molecule has 1 N–H and O–H groups in total. The number of nitrogens with zero attached hydrogens (tertiary/aromatic N) is 1. The number of likely N-dealkylation sites (N-methyl/N-ethyl adjacent to an activating group) is 2. The van der Waals surface area contributed by atoms with Crippen molar-refractivity contribution in [2.45, 2.75) is 52.1 Å². The fourth-order valence-corrected chi connectivity index (χ4v) is 3.12. The highest BCUT2D eigenvalue weighted by molar-refractivity contribution is 7.09. The van der Waals surface area contributed by atoms with E-state index in [-0.39, 0.29) is 5.54 Å². The van der Waals surface area contributed by atoms with Crippen molar-refractivity contribution in [1.82, 2.24) is 10.2 Å². The molecular weight excluding hydrogens is 240 g/mol. The molecule has 0 aromatic carbocycles. The Bertz CT molecular complexity index is 323. The maximum atomic E-state index is 3.57. The molecule has 2 unspecified atom stereocenters. The van der Waals surface area contributed by atoms with Gasteiger partial charge < -0.3 is 5.32 Å². The lowest BCUT2D eigenvalue weighted by Gasteiger charge is -2.43. The van der Waals surface area contributed by atoms with E-state index < -0.39 is 0 Å². The third kappa shape index (κ3) is 3.81. The van der Waals surface area contributed by atoms with Crippen molar-refractivity contribution in [1.29, 1.82) is 0 Å². The molecule has 18 heavy (non-hydrogen) atoms. The van der Waals surface area contributed by atoms with Crippen LogP contribution in [0, 0.1) is 0 Å². The van der Waals surface area contributed by atoms with Gasteiger partial charge in [0.15, 0.2) is 0 Å². The van der Waals surface area contributed by atoms with Gasteiger partial charge in [-0.25, -0.2) is 0 Å². The SMILES string of the molecule is CCNC(C)C(C)(CC)N(C)CCc1cccs1. The Morgan fingerprint density at radius 3 is 2.67 bits per heavy atom. The first-order chi connectivity index (χ1) is 8.54. The molecular formula is C15H28N2S. The highest BCUT2D eigenvalue weighted by Gasteiger charge is 2.32. The first-order valence-corrected chi connectivity index (χ1v) is 7.89. The van der Waals surface area contributed by atoms with E-state index in [2.05, 4.69) is 62.5 Å². The van der Waals surface area contributed by atoms with Crippen LogP contribution in [0.2, 0.25) is 0 Å². The fourth-order valence-electron chi connectivity index (χ4n) is 2.42. The van der Waals surface area contributed by atoms with Gasteiger partial charge >= 0.3 is 0 Å². The molecule has 0 fully saturated rings. The molecule has 1 rings (SSSR count). The summed E-state index contributed by atoms with van der Waals surface area (Å²) in [6.45, 7) is 11.3. The van der Waals surface area contributed by atoms with Crippen LogP contribution in [-0.4, -0.2) is 36.6 Å². The van der Waals surface area contributed by atoms with Crippen molar-refractivity contribution < 1.29 is 0 Å². The van der Waals surface area contributed by atoms with Crippen LogP contribution in [0.25, 0.3) is 0 Å². The van der Waals surface area contributed by atoms with Gasteiger partial charge in [-0.3, -0.25) is 4.90 Å². The monoisotopic (exact) mass is 268 g/mol. The summed E-state index contributed by atoms with van der Waals surface area (Å²) in [5.41, 5.74) is 0.229. The van der Waals surface area contributed by atoms with E-state index >= 15 is 0 Å². The van der Waals surface area contributed by atoms with Crippen LogP contribution in [-0.2, 0) is 6.42 Å². The molecule has 3 heteroatoms. The molecule has 0 amide bonds. The quantitative estimate of drug-likeness (QED) is 0.777. The molecule has 0 saturated heterocycles. The minimum absolute atomic E-state index is 0.229. The number of hydrogen-bond acceptors (Lipinski definition) is 3. The number of rotatable bonds is 8. The Morgan fingerprint density at radius 2 is 2.17 bits per heavy atom. The minimum atomic E-state index is 0.229. The van der Waals surface area contributed by atoms with Crippen LogP contribution in [0.1, 0.15) is 39.0 Å². The molecule has 104 valence electrons. The van der Waals surface area contributed by atoms with Crippen molar-refractivity contribution in [3.8, 4) is 0 Å². The zero-order chi connectivity index (χ0) is 13.6. The third-order valence-corrected chi connectivity index (χ3v) is 5.24. The predicted octanol–water partition coefficient (Wildman–Crippen LogP) is 3.39. The van der Waals surface area contributed by atoms with Gasteiger partial charge in [-0.1, -0.05) is 19.9 Å². The Balaban J connectivity index is 2.57. The molecule has 2 atom stereocenters. The first-order valence-electron chi connectivity index (χ1n) is 7.01. The molecule has 0 saturated carbocycles. The Kier molecular flexibility index (Phi) is 6.33. The summed E-state index contributed by atoms with van der Waals surface area (Å²) in [6.07, 6.45) is 2.32. The zero-order valence-electron chi connectivity index (χ0n) is 12.5. The van der Waals surface area contributed by atoms with Crippen LogP contribution in [0.4, 0.5) is 0 Å². The summed E-state index contributed by atoms with van der Waals surface area (Å²) in [6, 6.07) is 4.89. The first kappa shape index (κ1) is 15.7. The van der Waals surface area contributed by atoms with E-state index in [0.29, 0.717) is 6.04 Å². The largest absolute Gasteiger partial charge is 0.313 e. The molecule has 0 aliphatic rings. The number of nitrogens with one attached hydrogen (secondary N) is 1. The third-order valence-electron chi connectivity index (χ3n) is 4.30. The average molecular weight is 268 g/mol. The lowest BCUT2D eigenvalue weighted by Crippen LogP contribution is -2.57. The fraction of sp³-hybridized carbons (Fsp3) is 0.733. The highest BCUT2D eigenvalue weighted by atomic mass is 32.1. The Labute approximate surface area is 116 Å². The van der Waals surface area contributed by atoms with Gasteiger partial charge in [0.2, 0.25) is 0 Å². The van der Waals surface area contributed by atoms with Gasteiger partial charge in [-0.05, 0) is 51.7 Å². The second-order valence-corrected chi connectivity index (χ2v) is 6.27. The van der Waals surface area contributed by atoms with Gasteiger partial charge in [0.1, 0.15) is 0 Å². The Hall–Kier alpha value is -0.380. The molecule has 1 heterocycles. The van der Waals surface area contributed by atoms with Crippen LogP contribution < -0.4 is 5.32 Å². The normalized spacial score (nSPS) is 16.8. The summed E-state index contributed by atoms with van der Waals surface area (Å²) >= 11 is 1.86. The van der Waals surface area contributed by atoms with Gasteiger partial charge in [0, 0.05) is 23.0 Å². The van der Waals surface area contributed by atoms with E-state index in [9.17, 15) is 0 Å². The minimum Gasteiger partial charge on any atom is -0.313 e. The summed E-state index contributed by atoms with van der Waals surface area (Å²) in [7, 11) is 2.25. The molecule has 0 spiro atoms. The lowest BCUT2D eigenvalue weighted by molar-refractivity contribution is 0.0952. The van der Waals surface area contributed by atoms with Crippen LogP contribution in [0.15, 0.2) is 17.5 Å². The summed E-state index contributed by atoms with van der Waals surface area (Å²) < 4.78 is 0. The summed E-state index contributed by atoms with van der Waals surface area (Å²) in [5, 5.41) is 5.73. The van der Waals surface area contributed by atoms with Gasteiger partial charge in [0.05, 0.1) is 0 Å². The van der Waals surface area contributed by atoms with Crippen molar-refractivity contribution in [3.63, 3.8) is 0 Å². The molecule has 0 bridgehead atoms. The maximum Gasteiger partial charge on any atom is 0.0326 e. The van der Waals surface area contributed by atoms with E-state index in [4.69, 9.17) is 0 Å². The predicted molar refractivity (Wildman–Crippen MR) is 82.5 cm³/mol. The number of hydrogen-bond donors (Lipinski definition) is 1. The molecule has 0 radical (unpaired) electrons. The topological polar surface area (TPSA) is 15.3 Å². The lowest BCUT2D eigenvalue weighted by atomic mass is 9.88.